The van der Waals surface area contributed by atoms with Gasteiger partial charge in [-0.15, -0.1) is 0 Å². The summed E-state index contributed by atoms with van der Waals surface area (Å²) in [7, 11) is 0. The maximum atomic E-state index is 6.07. The van der Waals surface area contributed by atoms with E-state index < -0.39 is 0 Å². The van der Waals surface area contributed by atoms with Crippen molar-refractivity contribution in [3.8, 4) is 0 Å². The molecule has 0 aliphatic carbocycles. The molecule has 0 bridgehead atoms. The van der Waals surface area contributed by atoms with Crippen LogP contribution in [0, 0.1) is 9.49 Å². The van der Waals surface area contributed by atoms with Gasteiger partial charge in [0.1, 0.15) is 0 Å². The van der Waals surface area contributed by atoms with E-state index in [2.05, 4.69) is 65.7 Å². The number of nitrogens with zero attached hydrogens (tertiary/aromatic N) is 1. The van der Waals surface area contributed by atoms with Crippen LogP contribution < -0.4 is 10.2 Å². The Bertz CT molecular complexity index is 436. The number of benzene rings is 1. The quantitative estimate of drug-likeness (QED) is 0.777. The predicted molar refractivity (Wildman–Crippen MR) is 92.2 cm³/mol. The van der Waals surface area contributed by atoms with Crippen molar-refractivity contribution < 1.29 is 0 Å². The molecule has 2 nitrogen and oxygen atoms in total. The molecule has 1 heterocycles. The second-order valence-corrected chi connectivity index (χ2v) is 7.17. The van der Waals surface area contributed by atoms with Gasteiger partial charge in [0.2, 0.25) is 0 Å². The lowest BCUT2D eigenvalue weighted by molar-refractivity contribution is 0.325. The van der Waals surface area contributed by atoms with Gasteiger partial charge in [0, 0.05) is 33.8 Å². The third kappa shape index (κ3) is 3.56. The molecule has 1 aliphatic rings. The molecule has 1 saturated heterocycles. The standard InChI is InChI=1S/C15H22ClIN2/c1-4-12-8-18-14(10(2)3)9-19(12)15-6-5-11(16)7-13(15)17/h5-7,10,12,14,18H,4,8-9H2,1-3H3. The highest BCUT2D eigenvalue weighted by Gasteiger charge is 2.29. The van der Waals surface area contributed by atoms with Crippen LogP contribution in [0.5, 0.6) is 0 Å². The third-order valence-electron chi connectivity index (χ3n) is 3.94. The zero-order valence-electron chi connectivity index (χ0n) is 11.8. The van der Waals surface area contributed by atoms with Gasteiger partial charge in [0.05, 0.1) is 5.69 Å². The normalized spacial score (nSPS) is 24.0. The number of piperazine rings is 1. The first-order valence-corrected chi connectivity index (χ1v) is 8.43. The van der Waals surface area contributed by atoms with Gasteiger partial charge in [-0.1, -0.05) is 32.4 Å². The summed E-state index contributed by atoms with van der Waals surface area (Å²) in [6, 6.07) is 7.35. The lowest BCUT2D eigenvalue weighted by Crippen LogP contribution is -2.58. The van der Waals surface area contributed by atoms with E-state index in [9.17, 15) is 0 Å². The third-order valence-corrected chi connectivity index (χ3v) is 5.04. The number of nitrogens with one attached hydrogen (secondary N) is 1. The lowest BCUT2D eigenvalue weighted by atomic mass is 9.98. The molecular weight excluding hydrogens is 371 g/mol. The van der Waals surface area contributed by atoms with Crippen molar-refractivity contribution >= 4 is 39.9 Å². The minimum atomic E-state index is 0.564. The molecule has 1 aromatic rings. The van der Waals surface area contributed by atoms with Crippen molar-refractivity contribution in [1.82, 2.24) is 5.32 Å². The molecule has 0 spiro atoms. The van der Waals surface area contributed by atoms with Gasteiger partial charge >= 0.3 is 0 Å². The zero-order valence-corrected chi connectivity index (χ0v) is 14.7. The van der Waals surface area contributed by atoms with Crippen LogP contribution in [0.1, 0.15) is 27.2 Å². The molecule has 1 aliphatic heterocycles. The molecule has 4 heteroatoms. The number of hydrogen-bond donors (Lipinski definition) is 1. The van der Waals surface area contributed by atoms with Gasteiger partial charge in [-0.25, -0.2) is 0 Å². The van der Waals surface area contributed by atoms with Crippen molar-refractivity contribution in [2.24, 2.45) is 5.92 Å². The first kappa shape index (κ1) is 15.4. The van der Waals surface area contributed by atoms with Gasteiger partial charge in [-0.2, -0.15) is 0 Å². The van der Waals surface area contributed by atoms with Crippen molar-refractivity contribution in [3.63, 3.8) is 0 Å². The molecule has 1 aromatic carbocycles. The average Bonchev–Trinajstić information content (AvgIpc) is 2.38. The summed E-state index contributed by atoms with van der Waals surface area (Å²) in [6.45, 7) is 8.98. The van der Waals surface area contributed by atoms with Crippen molar-refractivity contribution in [1.29, 1.82) is 0 Å². The smallest absolute Gasteiger partial charge is 0.0506 e. The summed E-state index contributed by atoms with van der Waals surface area (Å²) < 4.78 is 1.24. The fourth-order valence-corrected chi connectivity index (χ4v) is 3.82. The second-order valence-electron chi connectivity index (χ2n) is 5.57. The Hall–Kier alpha value is -0.000000000000000111. The minimum Gasteiger partial charge on any atom is -0.365 e. The van der Waals surface area contributed by atoms with E-state index in [1.54, 1.807) is 0 Å². The summed E-state index contributed by atoms with van der Waals surface area (Å²) >= 11 is 8.46. The summed E-state index contributed by atoms with van der Waals surface area (Å²) in [5.74, 6) is 0.658. The molecule has 2 atom stereocenters. The monoisotopic (exact) mass is 392 g/mol. The van der Waals surface area contributed by atoms with E-state index in [1.165, 1.54) is 9.26 Å². The first-order chi connectivity index (χ1) is 9.02. The second kappa shape index (κ2) is 6.64. The zero-order chi connectivity index (χ0) is 14.0. The lowest BCUT2D eigenvalue weighted by Gasteiger charge is -2.43. The fraction of sp³-hybridized carbons (Fsp3) is 0.600. The molecular formula is C15H22ClIN2. The molecule has 0 aromatic heterocycles. The van der Waals surface area contributed by atoms with Crippen LogP contribution in [-0.4, -0.2) is 25.2 Å². The summed E-state index contributed by atoms with van der Waals surface area (Å²) in [4.78, 5) is 2.55. The highest BCUT2D eigenvalue weighted by atomic mass is 127. The molecule has 2 unspecified atom stereocenters. The van der Waals surface area contributed by atoms with Crippen LogP contribution in [0.4, 0.5) is 5.69 Å². The molecule has 106 valence electrons. The molecule has 19 heavy (non-hydrogen) atoms. The van der Waals surface area contributed by atoms with Gasteiger partial charge in [-0.05, 0) is 53.1 Å². The molecule has 1 fully saturated rings. The Kier molecular flexibility index (Phi) is 5.37. The van der Waals surface area contributed by atoms with Crippen molar-refractivity contribution in [2.45, 2.75) is 39.3 Å². The Labute approximate surface area is 135 Å². The van der Waals surface area contributed by atoms with Crippen molar-refractivity contribution in [3.05, 3.63) is 26.8 Å². The number of rotatable bonds is 3. The molecule has 2 rings (SSSR count). The van der Waals surface area contributed by atoms with Gasteiger partial charge in [0.25, 0.3) is 0 Å². The van der Waals surface area contributed by atoms with Crippen LogP contribution in [0.25, 0.3) is 0 Å². The van der Waals surface area contributed by atoms with Crippen LogP contribution >= 0.6 is 34.2 Å². The topological polar surface area (TPSA) is 15.3 Å². The van der Waals surface area contributed by atoms with Crippen LogP contribution in [0.3, 0.4) is 0 Å². The number of anilines is 1. The minimum absolute atomic E-state index is 0.564. The van der Waals surface area contributed by atoms with E-state index in [0.717, 1.165) is 24.5 Å². The summed E-state index contributed by atoms with van der Waals surface area (Å²) in [5, 5.41) is 4.50. The summed E-state index contributed by atoms with van der Waals surface area (Å²) in [6.07, 6.45) is 1.16. The largest absolute Gasteiger partial charge is 0.365 e. The average molecular weight is 393 g/mol. The van der Waals surface area contributed by atoms with E-state index in [1.807, 2.05) is 6.07 Å². The Balaban J connectivity index is 2.27. The highest BCUT2D eigenvalue weighted by Crippen LogP contribution is 2.30. The maximum absolute atomic E-state index is 6.07. The molecule has 0 amide bonds. The van der Waals surface area contributed by atoms with E-state index >= 15 is 0 Å². The Morgan fingerprint density at radius 1 is 1.47 bits per heavy atom. The SMILES string of the molecule is CCC1CNC(C(C)C)CN1c1ccc(Cl)cc1I. The van der Waals surface area contributed by atoms with Gasteiger partial charge < -0.3 is 10.2 Å². The van der Waals surface area contributed by atoms with E-state index in [0.29, 0.717) is 18.0 Å². The molecule has 1 N–H and O–H groups in total. The van der Waals surface area contributed by atoms with E-state index in [-0.39, 0.29) is 0 Å². The van der Waals surface area contributed by atoms with Gasteiger partial charge in [0.15, 0.2) is 0 Å². The highest BCUT2D eigenvalue weighted by molar-refractivity contribution is 14.1. The number of hydrogen-bond acceptors (Lipinski definition) is 2. The Morgan fingerprint density at radius 2 is 2.21 bits per heavy atom. The molecule has 0 saturated carbocycles. The van der Waals surface area contributed by atoms with Crippen molar-refractivity contribution in [2.75, 3.05) is 18.0 Å². The fourth-order valence-electron chi connectivity index (χ4n) is 2.64. The van der Waals surface area contributed by atoms with E-state index in [4.69, 9.17) is 11.6 Å². The predicted octanol–water partition coefficient (Wildman–Crippen LogP) is 4.16. The van der Waals surface area contributed by atoms with Crippen LogP contribution in [0.2, 0.25) is 5.02 Å². The summed E-state index contributed by atoms with van der Waals surface area (Å²) in [5.41, 5.74) is 1.32. The van der Waals surface area contributed by atoms with Gasteiger partial charge in [-0.3, -0.25) is 0 Å². The number of halogens is 2. The van der Waals surface area contributed by atoms with Crippen LogP contribution in [-0.2, 0) is 0 Å². The Morgan fingerprint density at radius 3 is 2.79 bits per heavy atom. The molecule has 0 radical (unpaired) electrons. The first-order valence-electron chi connectivity index (χ1n) is 6.98. The maximum Gasteiger partial charge on any atom is 0.0506 e. The van der Waals surface area contributed by atoms with Crippen LogP contribution in [0.15, 0.2) is 18.2 Å².